The van der Waals surface area contributed by atoms with Gasteiger partial charge in [0.15, 0.2) is 5.58 Å². The van der Waals surface area contributed by atoms with E-state index in [0.717, 1.165) is 4.90 Å². The monoisotopic (exact) mass is 452 g/mol. The highest BCUT2D eigenvalue weighted by Crippen LogP contribution is 2.37. The molecule has 3 aromatic carbocycles. The van der Waals surface area contributed by atoms with E-state index >= 15 is 0 Å². The second-order valence-corrected chi connectivity index (χ2v) is 7.65. The van der Waals surface area contributed by atoms with Crippen LogP contribution in [0.25, 0.3) is 22.6 Å². The molecule has 0 saturated carbocycles. The highest BCUT2D eigenvalue weighted by atomic mass is 35.5. The topological polar surface area (TPSA) is 101 Å². The molecule has 2 heterocycles. The molecule has 152 valence electrons. The Bertz CT molecular complexity index is 1440. The number of halogens is 2. The number of imide groups is 1. The molecule has 1 aliphatic rings. The van der Waals surface area contributed by atoms with Gasteiger partial charge in [0.25, 0.3) is 11.8 Å². The zero-order valence-electron chi connectivity index (χ0n) is 15.4. The highest BCUT2D eigenvalue weighted by molar-refractivity contribution is 6.40. The van der Waals surface area contributed by atoms with E-state index in [1.807, 2.05) is 0 Å². The van der Waals surface area contributed by atoms with Crippen molar-refractivity contribution in [2.24, 2.45) is 0 Å². The summed E-state index contributed by atoms with van der Waals surface area (Å²) >= 11 is 12.3. The van der Waals surface area contributed by atoms with Crippen LogP contribution in [-0.4, -0.2) is 27.9 Å². The van der Waals surface area contributed by atoms with Crippen molar-refractivity contribution >= 4 is 57.8 Å². The maximum atomic E-state index is 13.0. The minimum Gasteiger partial charge on any atom is -0.478 e. The number of carboxylic acid groups (broad SMARTS) is 1. The fourth-order valence-electron chi connectivity index (χ4n) is 3.43. The summed E-state index contributed by atoms with van der Waals surface area (Å²) in [7, 11) is 0. The Morgan fingerprint density at radius 1 is 0.935 bits per heavy atom. The average molecular weight is 453 g/mol. The molecular weight excluding hydrogens is 443 g/mol. The quantitative estimate of drug-likeness (QED) is 0.423. The number of hydrogen-bond acceptors (Lipinski definition) is 5. The van der Waals surface area contributed by atoms with E-state index in [9.17, 15) is 19.5 Å². The van der Waals surface area contributed by atoms with Crippen LogP contribution in [-0.2, 0) is 0 Å². The SMILES string of the molecule is O=C(O)c1ccc2c(c1)C(=O)N(c1cc(-c3nc4cc(Cl)ccc4o3)ccc1Cl)C2=O. The first kappa shape index (κ1) is 19.3. The van der Waals surface area contributed by atoms with Gasteiger partial charge in [0, 0.05) is 10.6 Å². The molecule has 31 heavy (non-hydrogen) atoms. The molecule has 7 nitrogen and oxygen atoms in total. The van der Waals surface area contributed by atoms with E-state index in [1.54, 1.807) is 24.3 Å². The number of anilines is 1. The molecule has 0 radical (unpaired) electrons. The molecule has 0 fully saturated rings. The molecule has 2 amide bonds. The zero-order chi connectivity index (χ0) is 21.9. The van der Waals surface area contributed by atoms with Crippen molar-refractivity contribution in [1.29, 1.82) is 0 Å². The van der Waals surface area contributed by atoms with Gasteiger partial charge in [0.05, 0.1) is 27.4 Å². The highest BCUT2D eigenvalue weighted by Gasteiger charge is 2.38. The molecule has 9 heteroatoms. The largest absolute Gasteiger partial charge is 0.478 e. The maximum absolute atomic E-state index is 13.0. The number of rotatable bonds is 3. The summed E-state index contributed by atoms with van der Waals surface area (Å²) in [6.45, 7) is 0. The molecular formula is C22H10Cl2N2O5. The standard InChI is InChI=1S/C22H10Cl2N2O5/c23-12-3-6-18-16(9-12)25-19(31-18)10-2-5-15(24)17(8-10)26-20(27)13-4-1-11(22(29)30)7-14(13)21(26)28/h1-9H,(H,29,30). The van der Waals surface area contributed by atoms with Crippen LogP contribution in [0.2, 0.25) is 10.0 Å². The Kier molecular flexibility index (Phi) is 4.32. The van der Waals surface area contributed by atoms with Crippen molar-refractivity contribution in [1.82, 2.24) is 4.98 Å². The summed E-state index contributed by atoms with van der Waals surface area (Å²) in [5.74, 6) is -2.19. The van der Waals surface area contributed by atoms with Crippen LogP contribution in [0.4, 0.5) is 5.69 Å². The normalized spacial score (nSPS) is 13.2. The maximum Gasteiger partial charge on any atom is 0.335 e. The van der Waals surface area contributed by atoms with Crippen LogP contribution in [0.5, 0.6) is 0 Å². The molecule has 5 rings (SSSR count). The second-order valence-electron chi connectivity index (χ2n) is 6.81. The van der Waals surface area contributed by atoms with Crippen molar-refractivity contribution < 1.29 is 23.9 Å². The number of aromatic nitrogens is 1. The Balaban J connectivity index is 1.59. The van der Waals surface area contributed by atoms with Gasteiger partial charge in [0.1, 0.15) is 5.52 Å². The minimum atomic E-state index is -1.20. The first-order valence-electron chi connectivity index (χ1n) is 8.95. The number of fused-ring (bicyclic) bond motifs is 2. The lowest BCUT2D eigenvalue weighted by atomic mass is 10.1. The summed E-state index contributed by atoms with van der Waals surface area (Å²) in [6, 6.07) is 13.5. The minimum absolute atomic E-state index is 0.00266. The summed E-state index contributed by atoms with van der Waals surface area (Å²) in [5.41, 5.74) is 1.73. The first-order chi connectivity index (χ1) is 14.8. The number of carbonyl (C=O) groups is 3. The number of carbonyl (C=O) groups excluding carboxylic acids is 2. The molecule has 0 unspecified atom stereocenters. The molecule has 1 aromatic heterocycles. The van der Waals surface area contributed by atoms with Crippen molar-refractivity contribution in [2.45, 2.75) is 0 Å². The Morgan fingerprint density at radius 2 is 1.71 bits per heavy atom. The number of oxazole rings is 1. The Labute approximate surface area is 184 Å². The number of nitrogens with zero attached hydrogens (tertiary/aromatic N) is 2. The van der Waals surface area contributed by atoms with E-state index in [2.05, 4.69) is 4.98 Å². The third kappa shape index (κ3) is 3.06. The predicted molar refractivity (Wildman–Crippen MR) is 114 cm³/mol. The van der Waals surface area contributed by atoms with Gasteiger partial charge in [-0.25, -0.2) is 14.7 Å². The van der Waals surface area contributed by atoms with Crippen molar-refractivity contribution in [3.05, 3.63) is 81.3 Å². The van der Waals surface area contributed by atoms with E-state index < -0.39 is 17.8 Å². The van der Waals surface area contributed by atoms with Crippen LogP contribution in [0.1, 0.15) is 31.1 Å². The van der Waals surface area contributed by atoms with Gasteiger partial charge >= 0.3 is 5.97 Å². The second kappa shape index (κ2) is 6.94. The van der Waals surface area contributed by atoms with Crippen molar-refractivity contribution in [3.8, 4) is 11.5 Å². The van der Waals surface area contributed by atoms with E-state index in [-0.39, 0.29) is 33.3 Å². The van der Waals surface area contributed by atoms with Gasteiger partial charge in [-0.2, -0.15) is 0 Å². The van der Waals surface area contributed by atoms with E-state index in [4.69, 9.17) is 27.6 Å². The van der Waals surface area contributed by atoms with E-state index in [0.29, 0.717) is 21.7 Å². The number of benzene rings is 3. The first-order valence-corrected chi connectivity index (χ1v) is 9.71. The molecule has 0 spiro atoms. The summed E-state index contributed by atoms with van der Waals surface area (Å²) in [4.78, 5) is 42.4. The zero-order valence-corrected chi connectivity index (χ0v) is 16.9. The molecule has 0 saturated heterocycles. The predicted octanol–water partition coefficient (Wildman–Crippen LogP) is 5.30. The van der Waals surface area contributed by atoms with Crippen LogP contribution in [0.15, 0.2) is 59.0 Å². The number of amides is 2. The van der Waals surface area contributed by atoms with Gasteiger partial charge in [-0.05, 0) is 54.6 Å². The fraction of sp³-hybridized carbons (Fsp3) is 0. The summed E-state index contributed by atoms with van der Waals surface area (Å²) in [6.07, 6.45) is 0. The Morgan fingerprint density at radius 3 is 2.48 bits per heavy atom. The van der Waals surface area contributed by atoms with Crippen LogP contribution >= 0.6 is 23.2 Å². The molecule has 0 atom stereocenters. The van der Waals surface area contributed by atoms with Crippen LogP contribution in [0.3, 0.4) is 0 Å². The average Bonchev–Trinajstić information content (AvgIpc) is 3.27. The van der Waals surface area contributed by atoms with Gasteiger partial charge in [0.2, 0.25) is 5.89 Å². The third-order valence-corrected chi connectivity index (χ3v) is 5.47. The fourth-order valence-corrected chi connectivity index (χ4v) is 3.80. The van der Waals surface area contributed by atoms with Crippen LogP contribution < -0.4 is 4.90 Å². The third-order valence-electron chi connectivity index (χ3n) is 4.92. The molecule has 1 aliphatic heterocycles. The summed E-state index contributed by atoms with van der Waals surface area (Å²) in [5, 5.41) is 9.85. The molecule has 0 bridgehead atoms. The lowest BCUT2D eigenvalue weighted by Gasteiger charge is -2.16. The number of hydrogen-bond donors (Lipinski definition) is 1. The lowest BCUT2D eigenvalue weighted by Crippen LogP contribution is -2.29. The smallest absolute Gasteiger partial charge is 0.335 e. The number of carboxylic acids is 1. The van der Waals surface area contributed by atoms with Crippen molar-refractivity contribution in [2.75, 3.05) is 4.90 Å². The molecule has 4 aromatic rings. The Hall–Kier alpha value is -3.68. The number of aromatic carboxylic acids is 1. The van der Waals surface area contributed by atoms with Gasteiger partial charge in [-0.3, -0.25) is 9.59 Å². The van der Waals surface area contributed by atoms with E-state index in [1.165, 1.54) is 30.3 Å². The molecule has 1 N–H and O–H groups in total. The van der Waals surface area contributed by atoms with Gasteiger partial charge < -0.3 is 9.52 Å². The van der Waals surface area contributed by atoms with Crippen molar-refractivity contribution in [3.63, 3.8) is 0 Å². The van der Waals surface area contributed by atoms with Crippen LogP contribution in [0, 0.1) is 0 Å². The summed E-state index contributed by atoms with van der Waals surface area (Å²) < 4.78 is 5.76. The van der Waals surface area contributed by atoms with Gasteiger partial charge in [-0.15, -0.1) is 0 Å². The van der Waals surface area contributed by atoms with Gasteiger partial charge in [-0.1, -0.05) is 23.2 Å². The lowest BCUT2D eigenvalue weighted by molar-refractivity contribution is 0.0696. The molecule has 0 aliphatic carbocycles.